The third-order valence-corrected chi connectivity index (χ3v) is 6.20. The van der Waals surface area contributed by atoms with Crippen molar-refractivity contribution in [3.05, 3.63) is 106 Å². The zero-order valence-corrected chi connectivity index (χ0v) is 20.9. The Morgan fingerprint density at radius 1 is 1.05 bits per heavy atom. The summed E-state index contributed by atoms with van der Waals surface area (Å²) in [4.78, 5) is 34.7. The van der Waals surface area contributed by atoms with E-state index in [4.69, 9.17) is 4.74 Å². The molecule has 0 unspecified atom stereocenters. The molecule has 0 atom stereocenters. The van der Waals surface area contributed by atoms with Crippen LogP contribution in [0.5, 0.6) is 17.2 Å². The summed E-state index contributed by atoms with van der Waals surface area (Å²) in [7, 11) is 0. The SMILES string of the molecule is CCn1cc(C(=O)Nc2ccc(Oc3ccnc4cc(O)cnc34)c(F)c2)c(=O)c(-c2ccc(F)cc2)c1C. The molecule has 0 saturated carbocycles. The van der Waals surface area contributed by atoms with Gasteiger partial charge in [-0.05, 0) is 43.7 Å². The van der Waals surface area contributed by atoms with Gasteiger partial charge in [0.1, 0.15) is 22.6 Å². The minimum Gasteiger partial charge on any atom is -0.506 e. The number of anilines is 1. The van der Waals surface area contributed by atoms with Crippen LogP contribution < -0.4 is 15.5 Å². The molecule has 3 heterocycles. The van der Waals surface area contributed by atoms with E-state index in [2.05, 4.69) is 15.3 Å². The van der Waals surface area contributed by atoms with E-state index in [1.807, 2.05) is 6.92 Å². The summed E-state index contributed by atoms with van der Waals surface area (Å²) in [6.45, 7) is 4.11. The molecule has 0 aliphatic carbocycles. The number of carbonyl (C=O) groups is 1. The Hall–Kier alpha value is -5.12. The van der Waals surface area contributed by atoms with Gasteiger partial charge in [-0.2, -0.15) is 0 Å². The number of aryl methyl sites for hydroxylation is 1. The molecule has 2 N–H and O–H groups in total. The van der Waals surface area contributed by atoms with Crippen LogP contribution in [-0.4, -0.2) is 25.5 Å². The third kappa shape index (κ3) is 5.04. The normalized spacial score (nSPS) is 11.0. The minimum atomic E-state index is -0.765. The summed E-state index contributed by atoms with van der Waals surface area (Å²) >= 11 is 0. The first-order valence-electron chi connectivity index (χ1n) is 12.0. The highest BCUT2D eigenvalue weighted by molar-refractivity contribution is 6.04. The number of fused-ring (bicyclic) bond motifs is 1. The highest BCUT2D eigenvalue weighted by Crippen LogP contribution is 2.31. The van der Waals surface area contributed by atoms with Crippen LogP contribution in [0.3, 0.4) is 0 Å². The van der Waals surface area contributed by atoms with Gasteiger partial charge in [0.15, 0.2) is 17.3 Å². The van der Waals surface area contributed by atoms with Crippen LogP contribution in [0.4, 0.5) is 14.5 Å². The van der Waals surface area contributed by atoms with Gasteiger partial charge in [0.05, 0.1) is 11.7 Å². The molecule has 0 saturated heterocycles. The Morgan fingerprint density at radius 3 is 2.54 bits per heavy atom. The zero-order chi connectivity index (χ0) is 27.7. The van der Waals surface area contributed by atoms with E-state index in [0.717, 1.165) is 6.07 Å². The number of aromatic hydroxyl groups is 1. The number of hydrogen-bond donors (Lipinski definition) is 2. The van der Waals surface area contributed by atoms with Gasteiger partial charge in [-0.1, -0.05) is 12.1 Å². The largest absolute Gasteiger partial charge is 0.506 e. The lowest BCUT2D eigenvalue weighted by atomic mass is 10.0. The maximum absolute atomic E-state index is 15.0. The second-order valence-electron chi connectivity index (χ2n) is 8.70. The van der Waals surface area contributed by atoms with E-state index in [-0.39, 0.29) is 34.1 Å². The van der Waals surface area contributed by atoms with Crippen molar-refractivity contribution in [2.75, 3.05) is 5.32 Å². The van der Waals surface area contributed by atoms with Gasteiger partial charge in [-0.25, -0.2) is 13.8 Å². The van der Waals surface area contributed by atoms with Gasteiger partial charge in [-0.15, -0.1) is 0 Å². The van der Waals surface area contributed by atoms with Crippen LogP contribution in [0.25, 0.3) is 22.2 Å². The van der Waals surface area contributed by atoms with Crippen LogP contribution in [-0.2, 0) is 6.54 Å². The van der Waals surface area contributed by atoms with Crippen molar-refractivity contribution >= 4 is 22.6 Å². The van der Waals surface area contributed by atoms with Crippen molar-refractivity contribution in [1.29, 1.82) is 0 Å². The summed E-state index contributed by atoms with van der Waals surface area (Å²) < 4.78 is 35.9. The molecule has 0 spiro atoms. The first-order chi connectivity index (χ1) is 18.7. The van der Waals surface area contributed by atoms with Crippen LogP contribution in [0.2, 0.25) is 0 Å². The Kier molecular flexibility index (Phi) is 6.76. The average Bonchev–Trinajstić information content (AvgIpc) is 2.91. The lowest BCUT2D eigenvalue weighted by molar-refractivity contribution is 0.102. The Morgan fingerprint density at radius 2 is 1.82 bits per heavy atom. The number of benzene rings is 2. The molecular formula is C29H22F2N4O4. The van der Waals surface area contributed by atoms with Gasteiger partial charge in [-0.3, -0.25) is 14.6 Å². The van der Waals surface area contributed by atoms with E-state index in [9.17, 15) is 23.5 Å². The highest BCUT2D eigenvalue weighted by Gasteiger charge is 2.20. The summed E-state index contributed by atoms with van der Waals surface area (Å²) in [6.07, 6.45) is 4.12. The van der Waals surface area contributed by atoms with Crippen molar-refractivity contribution in [1.82, 2.24) is 14.5 Å². The number of nitrogens with one attached hydrogen (secondary N) is 1. The molecular weight excluding hydrogens is 506 g/mol. The molecule has 2 aromatic carbocycles. The Labute approximate surface area is 221 Å². The quantitative estimate of drug-likeness (QED) is 0.288. The van der Waals surface area contributed by atoms with E-state index in [1.54, 1.807) is 11.5 Å². The van der Waals surface area contributed by atoms with Gasteiger partial charge in [0, 0.05) is 54.1 Å². The Balaban J connectivity index is 1.43. The van der Waals surface area contributed by atoms with Crippen molar-refractivity contribution in [3.63, 3.8) is 0 Å². The molecule has 1 amide bonds. The standard InChI is InChI=1S/C29H22F2N4O4/c1-3-35-15-21(28(37)26(16(35)2)17-4-6-18(30)7-5-17)29(38)34-19-8-9-24(22(31)12-19)39-25-10-11-32-23-13-20(36)14-33-27(23)25/h4-15,36H,3H2,1-2H3,(H,34,38). The lowest BCUT2D eigenvalue weighted by Gasteiger charge is -2.16. The third-order valence-electron chi connectivity index (χ3n) is 6.20. The number of nitrogens with zero attached hydrogens (tertiary/aromatic N) is 3. The number of pyridine rings is 3. The molecule has 0 radical (unpaired) electrons. The van der Waals surface area contributed by atoms with Crippen LogP contribution in [0.1, 0.15) is 23.0 Å². The lowest BCUT2D eigenvalue weighted by Crippen LogP contribution is -2.26. The predicted octanol–water partition coefficient (Wildman–Crippen LogP) is 5.82. The summed E-state index contributed by atoms with van der Waals surface area (Å²) in [6, 6.07) is 12.2. The molecule has 0 aliphatic rings. The number of ether oxygens (including phenoxy) is 1. The number of carbonyl (C=O) groups excluding carboxylic acids is 1. The molecule has 0 fully saturated rings. The molecule has 10 heteroatoms. The smallest absolute Gasteiger partial charge is 0.261 e. The fraction of sp³-hybridized carbons (Fsp3) is 0.103. The average molecular weight is 529 g/mol. The first kappa shape index (κ1) is 25.5. The highest BCUT2D eigenvalue weighted by atomic mass is 19.1. The van der Waals surface area contributed by atoms with Gasteiger partial charge in [0.25, 0.3) is 5.91 Å². The number of aromatic nitrogens is 3. The summed E-state index contributed by atoms with van der Waals surface area (Å²) in [5, 5.41) is 12.2. The predicted molar refractivity (Wildman–Crippen MR) is 142 cm³/mol. The number of halogens is 2. The molecule has 8 nitrogen and oxygen atoms in total. The molecule has 0 aliphatic heterocycles. The zero-order valence-electron chi connectivity index (χ0n) is 20.9. The van der Waals surface area contributed by atoms with Crippen LogP contribution >= 0.6 is 0 Å². The number of hydrogen-bond acceptors (Lipinski definition) is 6. The maximum Gasteiger partial charge on any atom is 0.261 e. The van der Waals surface area contributed by atoms with Crippen molar-refractivity contribution in [3.8, 4) is 28.4 Å². The van der Waals surface area contributed by atoms with Gasteiger partial charge < -0.3 is 19.7 Å². The topological polar surface area (TPSA) is 106 Å². The Bertz CT molecular complexity index is 1790. The van der Waals surface area contributed by atoms with Gasteiger partial charge in [0.2, 0.25) is 5.43 Å². The van der Waals surface area contributed by atoms with E-state index in [1.165, 1.54) is 67.1 Å². The van der Waals surface area contributed by atoms with E-state index < -0.39 is 23.0 Å². The fourth-order valence-corrected chi connectivity index (χ4v) is 4.26. The van der Waals surface area contributed by atoms with Crippen molar-refractivity contribution < 1.29 is 23.4 Å². The minimum absolute atomic E-state index is 0.0671. The molecule has 3 aromatic heterocycles. The molecule has 5 rings (SSSR count). The molecule has 196 valence electrons. The van der Waals surface area contributed by atoms with Gasteiger partial charge >= 0.3 is 0 Å². The van der Waals surface area contributed by atoms with Crippen LogP contribution in [0, 0.1) is 18.6 Å². The van der Waals surface area contributed by atoms with Crippen molar-refractivity contribution in [2.24, 2.45) is 0 Å². The van der Waals surface area contributed by atoms with E-state index in [0.29, 0.717) is 28.8 Å². The first-order valence-corrected chi connectivity index (χ1v) is 12.0. The molecule has 5 aromatic rings. The number of amides is 1. The summed E-state index contributed by atoms with van der Waals surface area (Å²) in [5.41, 5.74) is 1.54. The monoisotopic (exact) mass is 528 g/mol. The van der Waals surface area contributed by atoms with Crippen molar-refractivity contribution in [2.45, 2.75) is 20.4 Å². The summed E-state index contributed by atoms with van der Waals surface area (Å²) in [5.74, 6) is -1.90. The van der Waals surface area contributed by atoms with Crippen LogP contribution in [0.15, 0.2) is 78.0 Å². The molecule has 0 bridgehead atoms. The van der Waals surface area contributed by atoms with E-state index >= 15 is 0 Å². The molecule has 39 heavy (non-hydrogen) atoms. The maximum atomic E-state index is 15.0. The number of rotatable bonds is 6. The second kappa shape index (κ2) is 10.3. The fourth-order valence-electron chi connectivity index (χ4n) is 4.26. The second-order valence-corrected chi connectivity index (χ2v) is 8.70.